The summed E-state index contributed by atoms with van der Waals surface area (Å²) < 4.78 is 20.7. The number of rotatable bonds is 13. The van der Waals surface area contributed by atoms with Gasteiger partial charge < -0.3 is 20.0 Å². The van der Waals surface area contributed by atoms with E-state index in [-0.39, 0.29) is 17.6 Å². The van der Waals surface area contributed by atoms with E-state index in [2.05, 4.69) is 28.7 Å². The van der Waals surface area contributed by atoms with Crippen LogP contribution in [0.5, 0.6) is 0 Å². The summed E-state index contributed by atoms with van der Waals surface area (Å²) in [6.45, 7) is 6.82. The lowest BCUT2D eigenvalue weighted by atomic mass is 9.97. The van der Waals surface area contributed by atoms with Crippen molar-refractivity contribution in [1.82, 2.24) is 14.1 Å². The molecule has 2 N–H and O–H groups in total. The van der Waals surface area contributed by atoms with E-state index in [0.717, 1.165) is 68.9 Å². The van der Waals surface area contributed by atoms with E-state index in [9.17, 15) is 9.00 Å². The minimum Gasteiger partial charge on any atom is -0.445 e. The molecule has 3 aromatic rings. The number of ether oxygens (including phenoxy) is 1. The van der Waals surface area contributed by atoms with Gasteiger partial charge in [0, 0.05) is 39.3 Å². The van der Waals surface area contributed by atoms with Gasteiger partial charge in [0.25, 0.3) is 0 Å². The Morgan fingerprint density at radius 3 is 2.38 bits per heavy atom. The van der Waals surface area contributed by atoms with Gasteiger partial charge in [0.15, 0.2) is 0 Å². The molecule has 1 aromatic heterocycles. The van der Waals surface area contributed by atoms with Crippen LogP contribution in [0.25, 0.3) is 0 Å². The zero-order valence-corrected chi connectivity index (χ0v) is 25.2. The van der Waals surface area contributed by atoms with Crippen LogP contribution in [0.2, 0.25) is 0 Å². The van der Waals surface area contributed by atoms with Crippen molar-refractivity contribution in [2.24, 2.45) is 0 Å². The van der Waals surface area contributed by atoms with Crippen molar-refractivity contribution in [3.05, 3.63) is 88.6 Å². The molecular weight excluding hydrogens is 542 g/mol. The summed E-state index contributed by atoms with van der Waals surface area (Å²) in [6, 6.07) is 22.0. The van der Waals surface area contributed by atoms with Gasteiger partial charge in [-0.15, -0.1) is 0 Å². The number of carbonyl (C=O) groups is 1. The third-order valence-corrected chi connectivity index (χ3v) is 9.51. The zero-order chi connectivity index (χ0) is 27.5. The Hall–Kier alpha value is -2.56. The van der Waals surface area contributed by atoms with Crippen LogP contribution in [0.15, 0.2) is 82.4 Å². The number of thiophene rings is 1. The van der Waals surface area contributed by atoms with Gasteiger partial charge >= 0.3 is 6.09 Å². The molecule has 7 nitrogen and oxygen atoms in total. The second-order valence-electron chi connectivity index (χ2n) is 10.2. The standard InChI is InChI=1S/C31H41N3O3S2.H2O/c1-3-18-34(31(35)37-24-26-10-6-4-7-11-26)29-15-20-33(21-16-29)19-14-27(28-17-22-38-25-28)23-32(2)39(36)30-12-8-5-9-13-30;/h4-13,17,22,25,27,29H,3,14-16,18-21,23-24H2,1-2H3;1H2. The monoisotopic (exact) mass is 585 g/mol. The maximum atomic E-state index is 13.1. The Morgan fingerprint density at radius 2 is 1.75 bits per heavy atom. The molecule has 40 heavy (non-hydrogen) atoms. The Morgan fingerprint density at radius 1 is 1.07 bits per heavy atom. The first-order valence-electron chi connectivity index (χ1n) is 13.9. The largest absolute Gasteiger partial charge is 0.445 e. The Kier molecular flexibility index (Phi) is 13.3. The highest BCUT2D eigenvalue weighted by molar-refractivity contribution is 7.82. The maximum Gasteiger partial charge on any atom is 0.410 e. The molecular formula is C31H43N3O4S2. The number of hydrogen-bond donors (Lipinski definition) is 0. The van der Waals surface area contributed by atoms with Crippen molar-refractivity contribution in [3.8, 4) is 0 Å². The molecule has 2 heterocycles. The topological polar surface area (TPSA) is 84.6 Å². The second kappa shape index (κ2) is 16.6. The lowest BCUT2D eigenvalue weighted by Gasteiger charge is -2.38. The Bertz CT molecular complexity index is 1140. The SMILES string of the molecule is CCCN(C(=O)OCc1ccccc1)C1CCN(CCC(CN(C)S(=O)c2ccccc2)c2ccsc2)CC1.O. The van der Waals surface area contributed by atoms with E-state index >= 15 is 0 Å². The van der Waals surface area contributed by atoms with Gasteiger partial charge in [-0.2, -0.15) is 11.3 Å². The van der Waals surface area contributed by atoms with E-state index in [1.807, 2.05) is 76.9 Å². The number of likely N-dealkylation sites (tertiary alicyclic amines) is 1. The van der Waals surface area contributed by atoms with E-state index in [4.69, 9.17) is 4.74 Å². The summed E-state index contributed by atoms with van der Waals surface area (Å²) in [7, 11) is 0.776. The van der Waals surface area contributed by atoms with Gasteiger partial charge in [-0.25, -0.2) is 13.3 Å². The van der Waals surface area contributed by atoms with Crippen LogP contribution in [0.1, 0.15) is 49.7 Å². The second-order valence-corrected chi connectivity index (χ2v) is 12.6. The summed E-state index contributed by atoms with van der Waals surface area (Å²) in [6.07, 6.45) is 3.64. The van der Waals surface area contributed by atoms with Crippen LogP contribution in [0.3, 0.4) is 0 Å². The molecule has 1 aliphatic rings. The lowest BCUT2D eigenvalue weighted by Crippen LogP contribution is -2.48. The highest BCUT2D eigenvalue weighted by Gasteiger charge is 2.29. The van der Waals surface area contributed by atoms with Gasteiger partial charge in [-0.1, -0.05) is 55.5 Å². The first-order valence-corrected chi connectivity index (χ1v) is 16.0. The maximum absolute atomic E-state index is 13.1. The Balaban J connectivity index is 0.00000441. The third kappa shape index (κ3) is 9.24. The van der Waals surface area contributed by atoms with Crippen molar-refractivity contribution < 1.29 is 19.2 Å². The fraction of sp³-hybridized carbons (Fsp3) is 0.452. The van der Waals surface area contributed by atoms with E-state index in [1.54, 1.807) is 11.3 Å². The van der Waals surface area contributed by atoms with Gasteiger partial charge in [-0.05, 0) is 78.2 Å². The van der Waals surface area contributed by atoms with Gasteiger partial charge in [0.2, 0.25) is 0 Å². The molecule has 1 aliphatic heterocycles. The summed E-state index contributed by atoms with van der Waals surface area (Å²) in [5, 5.41) is 4.35. The quantitative estimate of drug-likeness (QED) is 0.263. The van der Waals surface area contributed by atoms with Gasteiger partial charge in [-0.3, -0.25) is 0 Å². The first-order chi connectivity index (χ1) is 19.0. The minimum atomic E-state index is -1.18. The van der Waals surface area contributed by atoms with Crippen LogP contribution in [0.4, 0.5) is 4.79 Å². The number of amides is 1. The van der Waals surface area contributed by atoms with Crippen molar-refractivity contribution in [2.45, 2.75) is 56.1 Å². The van der Waals surface area contributed by atoms with E-state index < -0.39 is 11.0 Å². The third-order valence-electron chi connectivity index (χ3n) is 7.42. The van der Waals surface area contributed by atoms with Crippen molar-refractivity contribution in [3.63, 3.8) is 0 Å². The molecule has 0 spiro atoms. The van der Waals surface area contributed by atoms with Crippen LogP contribution in [0, 0.1) is 0 Å². The molecule has 0 saturated carbocycles. The summed E-state index contributed by atoms with van der Waals surface area (Å²) in [5.74, 6) is 0.316. The average molecular weight is 586 g/mol. The average Bonchev–Trinajstić information content (AvgIpc) is 3.53. The van der Waals surface area contributed by atoms with Gasteiger partial charge in [0.1, 0.15) is 17.6 Å². The molecule has 1 amide bonds. The van der Waals surface area contributed by atoms with Crippen LogP contribution >= 0.6 is 11.3 Å². The van der Waals surface area contributed by atoms with Crippen molar-refractivity contribution in [1.29, 1.82) is 0 Å². The molecule has 2 atom stereocenters. The number of carbonyl (C=O) groups excluding carboxylic acids is 1. The normalized spacial score (nSPS) is 15.8. The minimum absolute atomic E-state index is 0. The zero-order valence-electron chi connectivity index (χ0n) is 23.6. The predicted molar refractivity (Wildman–Crippen MR) is 164 cm³/mol. The number of piperidine rings is 1. The first kappa shape index (κ1) is 32.0. The fourth-order valence-corrected chi connectivity index (χ4v) is 7.03. The fourth-order valence-electron chi connectivity index (χ4n) is 5.22. The molecule has 1 saturated heterocycles. The number of nitrogens with zero attached hydrogens (tertiary/aromatic N) is 3. The molecule has 218 valence electrons. The lowest BCUT2D eigenvalue weighted by molar-refractivity contribution is 0.0602. The predicted octanol–water partition coefficient (Wildman–Crippen LogP) is 5.56. The van der Waals surface area contributed by atoms with Crippen molar-refractivity contribution >= 4 is 28.4 Å². The molecule has 0 aliphatic carbocycles. The highest BCUT2D eigenvalue weighted by Crippen LogP contribution is 2.26. The van der Waals surface area contributed by atoms with E-state index in [1.165, 1.54) is 5.56 Å². The molecule has 1 fully saturated rings. The summed E-state index contributed by atoms with van der Waals surface area (Å²) in [5.41, 5.74) is 2.33. The smallest absolute Gasteiger partial charge is 0.410 e. The number of likely N-dealkylation sites (N-methyl/N-ethyl adjacent to an activating group) is 1. The van der Waals surface area contributed by atoms with Gasteiger partial charge in [0.05, 0.1) is 4.90 Å². The highest BCUT2D eigenvalue weighted by atomic mass is 32.2. The molecule has 4 rings (SSSR count). The summed E-state index contributed by atoms with van der Waals surface area (Å²) >= 11 is 1.72. The number of hydrogen-bond acceptors (Lipinski definition) is 5. The molecule has 9 heteroatoms. The summed E-state index contributed by atoms with van der Waals surface area (Å²) in [4.78, 5) is 18.3. The molecule has 2 aromatic carbocycles. The molecule has 2 unspecified atom stereocenters. The van der Waals surface area contributed by atoms with Crippen LogP contribution in [-0.4, -0.2) is 75.7 Å². The van der Waals surface area contributed by atoms with Crippen molar-refractivity contribution in [2.75, 3.05) is 39.8 Å². The van der Waals surface area contributed by atoms with E-state index in [0.29, 0.717) is 12.5 Å². The van der Waals surface area contributed by atoms with Crippen LogP contribution < -0.4 is 0 Å². The number of benzene rings is 2. The van der Waals surface area contributed by atoms with Crippen LogP contribution in [-0.2, 0) is 22.3 Å². The Labute approximate surface area is 245 Å². The molecule has 0 bridgehead atoms. The molecule has 0 radical (unpaired) electrons.